The number of urea groups is 1. The zero-order valence-electron chi connectivity index (χ0n) is 17.9. The lowest BCUT2D eigenvalue weighted by Crippen LogP contribution is -2.44. The number of aryl methyl sites for hydroxylation is 1. The molecule has 0 saturated carbocycles. The first kappa shape index (κ1) is 22.8. The van der Waals surface area contributed by atoms with Crippen molar-refractivity contribution in [3.05, 3.63) is 64.1 Å². The Balaban J connectivity index is 1.58. The van der Waals surface area contributed by atoms with Crippen LogP contribution < -0.4 is 15.5 Å². The fourth-order valence-electron chi connectivity index (χ4n) is 3.66. The minimum Gasteiger partial charge on any atom is -0.370 e. The maximum Gasteiger partial charge on any atom is 0.325 e. The molecule has 0 radical (unpaired) electrons. The first-order valence-electron chi connectivity index (χ1n) is 10.2. The molecular formula is C23H27BrN4O3. The molecule has 164 valence electrons. The monoisotopic (exact) mass is 486 g/mol. The van der Waals surface area contributed by atoms with E-state index in [1.54, 1.807) is 25.1 Å². The maximum atomic E-state index is 13.0. The van der Waals surface area contributed by atoms with E-state index in [1.165, 1.54) is 5.56 Å². The predicted molar refractivity (Wildman–Crippen MR) is 124 cm³/mol. The second-order valence-corrected chi connectivity index (χ2v) is 8.64. The summed E-state index contributed by atoms with van der Waals surface area (Å²) in [6.45, 7) is 7.27. The fraction of sp³-hybridized carbons (Fsp3) is 0.348. The summed E-state index contributed by atoms with van der Waals surface area (Å²) >= 11 is 3.38. The smallest absolute Gasteiger partial charge is 0.325 e. The number of likely N-dealkylation sites (N-methyl/N-ethyl adjacent to an activating group) is 1. The van der Waals surface area contributed by atoms with Crippen LogP contribution in [-0.4, -0.2) is 48.9 Å². The molecule has 3 rings (SSSR count). The Labute approximate surface area is 190 Å². The van der Waals surface area contributed by atoms with E-state index in [4.69, 9.17) is 0 Å². The number of imide groups is 1. The molecule has 7 nitrogen and oxygen atoms in total. The first-order chi connectivity index (χ1) is 14.7. The van der Waals surface area contributed by atoms with E-state index in [2.05, 4.69) is 44.5 Å². The fourth-order valence-corrected chi connectivity index (χ4v) is 4.06. The Hall–Kier alpha value is -2.87. The Morgan fingerprint density at radius 3 is 2.61 bits per heavy atom. The van der Waals surface area contributed by atoms with Crippen molar-refractivity contribution in [2.75, 3.05) is 31.1 Å². The molecule has 0 aliphatic carbocycles. The van der Waals surface area contributed by atoms with Gasteiger partial charge in [0.05, 0.1) is 0 Å². The molecule has 1 aliphatic heterocycles. The Morgan fingerprint density at radius 2 is 1.94 bits per heavy atom. The van der Waals surface area contributed by atoms with E-state index in [-0.39, 0.29) is 12.5 Å². The number of hydrogen-bond acceptors (Lipinski definition) is 4. The van der Waals surface area contributed by atoms with Crippen molar-refractivity contribution >= 4 is 39.5 Å². The van der Waals surface area contributed by atoms with E-state index < -0.39 is 17.5 Å². The summed E-state index contributed by atoms with van der Waals surface area (Å²) < 4.78 is 0.804. The number of nitrogens with one attached hydrogen (secondary N) is 2. The van der Waals surface area contributed by atoms with Crippen molar-refractivity contribution in [1.82, 2.24) is 15.5 Å². The molecule has 0 unspecified atom stereocenters. The lowest BCUT2D eigenvalue weighted by Gasteiger charge is -2.24. The van der Waals surface area contributed by atoms with Crippen molar-refractivity contribution in [3.8, 4) is 0 Å². The van der Waals surface area contributed by atoms with Crippen LogP contribution in [-0.2, 0) is 15.1 Å². The average Bonchev–Trinajstić information content (AvgIpc) is 2.95. The average molecular weight is 487 g/mol. The molecule has 2 aromatic carbocycles. The zero-order chi connectivity index (χ0) is 22.6. The SMILES string of the molecule is CCN(CCNC(=O)CN1C(=O)N[C@](C)(c2cccc(Br)c2)C1=O)c1cccc(C)c1. The minimum absolute atomic E-state index is 0.315. The molecule has 0 spiro atoms. The van der Waals surface area contributed by atoms with Crippen LogP contribution in [0.1, 0.15) is 25.0 Å². The molecule has 1 fully saturated rings. The van der Waals surface area contributed by atoms with Gasteiger partial charge >= 0.3 is 6.03 Å². The van der Waals surface area contributed by atoms with Crippen molar-refractivity contribution in [3.63, 3.8) is 0 Å². The Bertz CT molecular complexity index is 996. The van der Waals surface area contributed by atoms with Crippen LogP contribution in [0.3, 0.4) is 0 Å². The summed E-state index contributed by atoms with van der Waals surface area (Å²) in [6, 6.07) is 14.8. The number of carbonyl (C=O) groups excluding carboxylic acids is 3. The van der Waals surface area contributed by atoms with Crippen LogP contribution in [0.15, 0.2) is 53.0 Å². The number of amides is 4. The van der Waals surface area contributed by atoms with Crippen LogP contribution in [0.25, 0.3) is 0 Å². The first-order valence-corrected chi connectivity index (χ1v) is 11.0. The number of rotatable bonds is 8. The number of benzene rings is 2. The highest BCUT2D eigenvalue weighted by molar-refractivity contribution is 9.10. The summed E-state index contributed by atoms with van der Waals surface area (Å²) in [7, 11) is 0. The van der Waals surface area contributed by atoms with Gasteiger partial charge < -0.3 is 15.5 Å². The van der Waals surface area contributed by atoms with E-state index in [0.717, 1.165) is 21.6 Å². The molecular weight excluding hydrogens is 460 g/mol. The topological polar surface area (TPSA) is 81.8 Å². The maximum absolute atomic E-state index is 13.0. The van der Waals surface area contributed by atoms with Crippen molar-refractivity contribution in [1.29, 1.82) is 0 Å². The number of hydrogen-bond donors (Lipinski definition) is 2. The number of anilines is 1. The standard InChI is InChI=1S/C23H27BrN4O3/c1-4-27(19-10-5-7-16(2)13-19)12-11-25-20(29)15-28-21(30)23(3,26-22(28)31)17-8-6-9-18(24)14-17/h5-10,13-14H,4,11-12,15H2,1-3H3,(H,25,29)(H,26,31)/t23-/m1/s1. The quantitative estimate of drug-likeness (QED) is 0.561. The highest BCUT2D eigenvalue weighted by Gasteiger charge is 2.49. The Morgan fingerprint density at radius 1 is 1.19 bits per heavy atom. The van der Waals surface area contributed by atoms with E-state index >= 15 is 0 Å². The molecule has 1 saturated heterocycles. The summed E-state index contributed by atoms with van der Waals surface area (Å²) in [5.41, 5.74) is 1.72. The van der Waals surface area contributed by atoms with Gasteiger partial charge in [0.1, 0.15) is 12.1 Å². The minimum atomic E-state index is -1.20. The molecule has 8 heteroatoms. The van der Waals surface area contributed by atoms with Gasteiger partial charge in [-0.3, -0.25) is 14.5 Å². The van der Waals surface area contributed by atoms with E-state index in [0.29, 0.717) is 18.7 Å². The molecule has 0 aromatic heterocycles. The molecule has 2 N–H and O–H groups in total. The number of halogens is 1. The van der Waals surface area contributed by atoms with Gasteiger partial charge in [-0.15, -0.1) is 0 Å². The van der Waals surface area contributed by atoms with E-state index in [9.17, 15) is 14.4 Å². The van der Waals surface area contributed by atoms with Crippen LogP contribution in [0.4, 0.5) is 10.5 Å². The normalized spacial score (nSPS) is 18.1. The van der Waals surface area contributed by atoms with Crippen LogP contribution in [0.5, 0.6) is 0 Å². The van der Waals surface area contributed by atoms with Gasteiger partial charge in [-0.05, 0) is 56.2 Å². The van der Waals surface area contributed by atoms with Crippen molar-refractivity contribution < 1.29 is 14.4 Å². The molecule has 2 aromatic rings. The van der Waals surface area contributed by atoms with Gasteiger partial charge in [-0.2, -0.15) is 0 Å². The van der Waals surface area contributed by atoms with Gasteiger partial charge in [0.2, 0.25) is 5.91 Å². The largest absolute Gasteiger partial charge is 0.370 e. The lowest BCUT2D eigenvalue weighted by atomic mass is 9.92. The third-order valence-electron chi connectivity index (χ3n) is 5.43. The van der Waals surface area contributed by atoms with Crippen LogP contribution >= 0.6 is 15.9 Å². The molecule has 31 heavy (non-hydrogen) atoms. The summed E-state index contributed by atoms with van der Waals surface area (Å²) in [4.78, 5) is 41.0. The zero-order valence-corrected chi connectivity index (χ0v) is 19.5. The predicted octanol–water partition coefficient (Wildman–Crippen LogP) is 3.17. The van der Waals surface area contributed by atoms with Crippen LogP contribution in [0.2, 0.25) is 0 Å². The molecule has 1 atom stereocenters. The van der Waals surface area contributed by atoms with Crippen LogP contribution in [0, 0.1) is 6.92 Å². The highest BCUT2D eigenvalue weighted by Crippen LogP contribution is 2.30. The third-order valence-corrected chi connectivity index (χ3v) is 5.92. The van der Waals surface area contributed by atoms with Gasteiger partial charge in [-0.25, -0.2) is 4.79 Å². The molecule has 4 amide bonds. The Kier molecular flexibility index (Phi) is 7.00. The number of nitrogens with zero attached hydrogens (tertiary/aromatic N) is 2. The highest BCUT2D eigenvalue weighted by atomic mass is 79.9. The third kappa shape index (κ3) is 5.07. The van der Waals surface area contributed by atoms with Gasteiger partial charge in [0, 0.05) is 29.8 Å². The number of carbonyl (C=O) groups is 3. The molecule has 1 heterocycles. The van der Waals surface area contributed by atoms with E-state index in [1.807, 2.05) is 31.2 Å². The van der Waals surface area contributed by atoms with Gasteiger partial charge in [-0.1, -0.05) is 40.2 Å². The lowest BCUT2D eigenvalue weighted by molar-refractivity contribution is -0.134. The summed E-state index contributed by atoms with van der Waals surface area (Å²) in [5.74, 6) is -0.817. The van der Waals surface area contributed by atoms with Crippen molar-refractivity contribution in [2.24, 2.45) is 0 Å². The van der Waals surface area contributed by atoms with Gasteiger partial charge in [0.15, 0.2) is 0 Å². The second kappa shape index (κ2) is 9.51. The molecule has 1 aliphatic rings. The van der Waals surface area contributed by atoms with Crippen molar-refractivity contribution in [2.45, 2.75) is 26.3 Å². The summed E-state index contributed by atoms with van der Waals surface area (Å²) in [6.07, 6.45) is 0. The molecule has 0 bridgehead atoms. The second-order valence-electron chi connectivity index (χ2n) is 7.73. The van der Waals surface area contributed by atoms with Gasteiger partial charge in [0.25, 0.3) is 5.91 Å². The summed E-state index contributed by atoms with van der Waals surface area (Å²) in [5, 5.41) is 5.53.